The number of aryl methyl sites for hydroxylation is 1. The summed E-state index contributed by atoms with van der Waals surface area (Å²) in [6, 6.07) is 4.83. The molecule has 0 atom stereocenters. The van der Waals surface area contributed by atoms with Gasteiger partial charge in [0.15, 0.2) is 0 Å². The molecule has 0 bridgehead atoms. The number of hydrogen-bond donors (Lipinski definition) is 1. The van der Waals surface area contributed by atoms with Crippen molar-refractivity contribution in [3.8, 4) is 0 Å². The quantitative estimate of drug-likeness (QED) is 0.910. The van der Waals surface area contributed by atoms with Gasteiger partial charge in [0.2, 0.25) is 0 Å². The highest BCUT2D eigenvalue weighted by molar-refractivity contribution is 7.08. The first-order chi connectivity index (χ1) is 9.58. The predicted octanol–water partition coefficient (Wildman–Crippen LogP) is 1.75. The third-order valence-electron chi connectivity index (χ3n) is 3.31. The summed E-state index contributed by atoms with van der Waals surface area (Å²) in [6.45, 7) is 2.30. The zero-order chi connectivity index (χ0) is 14.3. The topological polar surface area (TPSA) is 83.4 Å². The fourth-order valence-corrected chi connectivity index (χ4v) is 2.90. The van der Waals surface area contributed by atoms with Crippen LogP contribution in [0, 0.1) is 6.92 Å². The molecule has 1 amide bonds. The lowest BCUT2D eigenvalue weighted by Crippen LogP contribution is -2.28. The highest BCUT2D eigenvalue weighted by atomic mass is 32.1. The van der Waals surface area contributed by atoms with Crippen molar-refractivity contribution < 1.29 is 14.7 Å². The smallest absolute Gasteiger partial charge is 0.335 e. The molecule has 1 aliphatic heterocycles. The molecule has 20 heavy (non-hydrogen) atoms. The largest absolute Gasteiger partial charge is 0.478 e. The van der Waals surface area contributed by atoms with Gasteiger partial charge in [-0.1, -0.05) is 4.49 Å². The van der Waals surface area contributed by atoms with Crippen molar-refractivity contribution in [1.82, 2.24) is 9.59 Å². The Hall–Kier alpha value is -2.28. The number of fused-ring (bicyclic) bond motifs is 1. The second-order valence-corrected chi connectivity index (χ2v) is 5.30. The molecule has 7 heteroatoms. The highest BCUT2D eigenvalue weighted by Crippen LogP contribution is 2.31. The molecule has 0 fully saturated rings. The molecule has 1 aromatic carbocycles. The molecule has 0 aliphatic carbocycles. The zero-order valence-electron chi connectivity index (χ0n) is 10.7. The Balaban J connectivity index is 1.96. The summed E-state index contributed by atoms with van der Waals surface area (Å²) in [5, 5.41) is 12.8. The van der Waals surface area contributed by atoms with Crippen molar-refractivity contribution in [3.05, 3.63) is 39.9 Å². The van der Waals surface area contributed by atoms with E-state index in [0.29, 0.717) is 23.5 Å². The maximum atomic E-state index is 12.5. The number of rotatable bonds is 2. The fourth-order valence-electron chi connectivity index (χ4n) is 2.30. The summed E-state index contributed by atoms with van der Waals surface area (Å²) in [7, 11) is 0. The van der Waals surface area contributed by atoms with Crippen molar-refractivity contribution in [2.75, 3.05) is 11.4 Å². The van der Waals surface area contributed by atoms with Crippen LogP contribution in [-0.2, 0) is 6.42 Å². The van der Waals surface area contributed by atoms with Crippen molar-refractivity contribution in [1.29, 1.82) is 0 Å². The van der Waals surface area contributed by atoms with E-state index >= 15 is 0 Å². The molecule has 0 spiro atoms. The first-order valence-corrected chi connectivity index (χ1v) is 6.82. The first kappa shape index (κ1) is 12.7. The van der Waals surface area contributed by atoms with Crippen molar-refractivity contribution in [2.24, 2.45) is 0 Å². The van der Waals surface area contributed by atoms with Crippen LogP contribution >= 0.6 is 11.5 Å². The summed E-state index contributed by atoms with van der Waals surface area (Å²) in [5.41, 5.74) is 2.52. The number of carboxylic acids is 1. The number of amides is 1. The van der Waals surface area contributed by atoms with Gasteiger partial charge in [0.1, 0.15) is 4.88 Å². The second-order valence-electron chi connectivity index (χ2n) is 4.54. The van der Waals surface area contributed by atoms with Crippen LogP contribution in [0.1, 0.15) is 31.3 Å². The number of benzene rings is 1. The molecule has 0 saturated carbocycles. The molecule has 6 nitrogen and oxygen atoms in total. The van der Waals surface area contributed by atoms with E-state index in [4.69, 9.17) is 5.11 Å². The van der Waals surface area contributed by atoms with Crippen LogP contribution in [0.5, 0.6) is 0 Å². The lowest BCUT2D eigenvalue weighted by Gasteiger charge is -2.16. The highest BCUT2D eigenvalue weighted by Gasteiger charge is 2.28. The third-order valence-corrected chi connectivity index (χ3v) is 4.13. The van der Waals surface area contributed by atoms with E-state index in [2.05, 4.69) is 9.59 Å². The molecule has 2 aromatic rings. The Kier molecular flexibility index (Phi) is 2.98. The van der Waals surface area contributed by atoms with Gasteiger partial charge in [0, 0.05) is 12.2 Å². The number of aromatic nitrogens is 2. The molecule has 3 rings (SSSR count). The van der Waals surface area contributed by atoms with Crippen LogP contribution in [0.3, 0.4) is 0 Å². The van der Waals surface area contributed by atoms with Crippen LogP contribution < -0.4 is 4.90 Å². The van der Waals surface area contributed by atoms with Crippen LogP contribution in [0.4, 0.5) is 5.69 Å². The van der Waals surface area contributed by atoms with Gasteiger partial charge >= 0.3 is 5.97 Å². The number of carbonyl (C=O) groups is 2. The Morgan fingerprint density at radius 3 is 2.85 bits per heavy atom. The number of hydrogen-bond acceptors (Lipinski definition) is 5. The van der Waals surface area contributed by atoms with E-state index < -0.39 is 5.97 Å². The number of aromatic carboxylic acids is 1. The standard InChI is InChI=1S/C13H11N3O3S/c1-7-11(20-15-14-7)12(17)16-5-4-8-6-9(13(18)19)2-3-10(8)16/h2-3,6H,4-5H2,1H3,(H,18,19). The van der Waals surface area contributed by atoms with Gasteiger partial charge in [-0.3, -0.25) is 4.79 Å². The van der Waals surface area contributed by atoms with Gasteiger partial charge in [-0.05, 0) is 48.6 Å². The summed E-state index contributed by atoms with van der Waals surface area (Å²) >= 11 is 1.08. The fraction of sp³-hybridized carbons (Fsp3) is 0.231. The Labute approximate surface area is 118 Å². The van der Waals surface area contributed by atoms with E-state index in [1.807, 2.05) is 0 Å². The van der Waals surface area contributed by atoms with Crippen molar-refractivity contribution in [2.45, 2.75) is 13.3 Å². The molecule has 0 unspecified atom stereocenters. The lowest BCUT2D eigenvalue weighted by atomic mass is 10.1. The number of anilines is 1. The van der Waals surface area contributed by atoms with Crippen LogP contribution in [-0.4, -0.2) is 33.1 Å². The monoisotopic (exact) mass is 289 g/mol. The number of nitrogens with zero attached hydrogens (tertiary/aromatic N) is 3. The summed E-state index contributed by atoms with van der Waals surface area (Å²) in [5.74, 6) is -1.08. The van der Waals surface area contributed by atoms with Gasteiger partial charge in [0.25, 0.3) is 5.91 Å². The molecule has 1 aliphatic rings. The molecule has 0 radical (unpaired) electrons. The molecule has 1 N–H and O–H groups in total. The van der Waals surface area contributed by atoms with E-state index in [9.17, 15) is 9.59 Å². The molecular weight excluding hydrogens is 278 g/mol. The minimum absolute atomic E-state index is 0.126. The summed E-state index contributed by atoms with van der Waals surface area (Å²) in [4.78, 5) is 25.6. The number of carboxylic acid groups (broad SMARTS) is 1. The van der Waals surface area contributed by atoms with Crippen LogP contribution in [0.2, 0.25) is 0 Å². The van der Waals surface area contributed by atoms with Crippen molar-refractivity contribution in [3.63, 3.8) is 0 Å². The predicted molar refractivity (Wildman–Crippen MR) is 73.4 cm³/mol. The van der Waals surface area contributed by atoms with Gasteiger partial charge < -0.3 is 10.0 Å². The Morgan fingerprint density at radius 2 is 2.20 bits per heavy atom. The maximum absolute atomic E-state index is 12.5. The van der Waals surface area contributed by atoms with Crippen LogP contribution in [0.25, 0.3) is 0 Å². The lowest BCUT2D eigenvalue weighted by molar-refractivity contribution is 0.0696. The van der Waals surface area contributed by atoms with Gasteiger partial charge in [0.05, 0.1) is 11.3 Å². The van der Waals surface area contributed by atoms with Gasteiger partial charge in [-0.2, -0.15) is 0 Å². The van der Waals surface area contributed by atoms with Crippen molar-refractivity contribution >= 4 is 29.1 Å². The normalized spacial score (nSPS) is 13.3. The minimum atomic E-state index is -0.958. The number of carbonyl (C=O) groups excluding carboxylic acids is 1. The van der Waals surface area contributed by atoms with Crippen LogP contribution in [0.15, 0.2) is 18.2 Å². The Morgan fingerprint density at radius 1 is 1.40 bits per heavy atom. The van der Waals surface area contributed by atoms with E-state index in [1.165, 1.54) is 6.07 Å². The minimum Gasteiger partial charge on any atom is -0.478 e. The molecule has 0 saturated heterocycles. The molecule has 1 aromatic heterocycles. The molecular formula is C13H11N3O3S. The zero-order valence-corrected chi connectivity index (χ0v) is 11.5. The average Bonchev–Trinajstić information content (AvgIpc) is 3.03. The van der Waals surface area contributed by atoms with E-state index in [0.717, 1.165) is 22.8 Å². The molecule has 102 valence electrons. The van der Waals surface area contributed by atoms with E-state index in [-0.39, 0.29) is 11.5 Å². The second kappa shape index (κ2) is 4.68. The van der Waals surface area contributed by atoms with E-state index in [1.54, 1.807) is 24.0 Å². The van der Waals surface area contributed by atoms with Gasteiger partial charge in [-0.25, -0.2) is 4.79 Å². The third kappa shape index (κ3) is 1.96. The average molecular weight is 289 g/mol. The maximum Gasteiger partial charge on any atom is 0.335 e. The first-order valence-electron chi connectivity index (χ1n) is 6.05. The SMILES string of the molecule is Cc1nnsc1C(=O)N1CCc2cc(C(=O)O)ccc21. The summed E-state index contributed by atoms with van der Waals surface area (Å²) < 4.78 is 3.77. The summed E-state index contributed by atoms with van der Waals surface area (Å²) in [6.07, 6.45) is 0.660. The Bertz CT molecular complexity index is 711. The molecule has 2 heterocycles. The van der Waals surface area contributed by atoms with Gasteiger partial charge in [-0.15, -0.1) is 5.10 Å².